The maximum absolute atomic E-state index is 13.0. The smallest absolute Gasteiger partial charge is 0.173 e. The normalized spacial score (nSPS) is 10.1. The van der Waals surface area contributed by atoms with Crippen LogP contribution in [0.4, 0.5) is 10.1 Å². The van der Waals surface area contributed by atoms with Crippen molar-refractivity contribution in [2.75, 3.05) is 11.1 Å². The van der Waals surface area contributed by atoms with Gasteiger partial charge in [0, 0.05) is 5.56 Å². The van der Waals surface area contributed by atoms with Crippen LogP contribution in [0.3, 0.4) is 0 Å². The zero-order chi connectivity index (χ0) is 10.0. The molecule has 1 aromatic rings. The first-order valence-corrected chi connectivity index (χ1v) is 5.31. The summed E-state index contributed by atoms with van der Waals surface area (Å²) >= 11 is 5.99. The van der Waals surface area contributed by atoms with Crippen LogP contribution in [0.1, 0.15) is 10.4 Å². The minimum atomic E-state index is -0.536. The maximum Gasteiger partial charge on any atom is 0.173 e. The molecule has 1 rings (SSSR count). The predicted octanol–water partition coefficient (Wildman–Crippen LogP) is 2.75. The van der Waals surface area contributed by atoms with Crippen LogP contribution in [0.5, 0.6) is 0 Å². The Kier molecular flexibility index (Phi) is 3.44. The number of anilines is 1. The number of halogens is 3. The van der Waals surface area contributed by atoms with Gasteiger partial charge in [0.05, 0.1) is 15.5 Å². The fraction of sp³-hybridized carbons (Fsp3) is 0.125. The number of alkyl halides is 1. The average Bonchev–Trinajstić information content (AvgIpc) is 2.12. The van der Waals surface area contributed by atoms with Gasteiger partial charge in [-0.15, -0.1) is 0 Å². The quantitative estimate of drug-likeness (QED) is 0.518. The lowest BCUT2D eigenvalue weighted by Gasteiger charge is -2.02. The van der Waals surface area contributed by atoms with Crippen LogP contribution in [0.15, 0.2) is 16.6 Å². The fourth-order valence-electron chi connectivity index (χ4n) is 0.848. The van der Waals surface area contributed by atoms with E-state index in [-0.39, 0.29) is 21.3 Å². The van der Waals surface area contributed by atoms with Gasteiger partial charge >= 0.3 is 0 Å². The van der Waals surface area contributed by atoms with Gasteiger partial charge in [-0.25, -0.2) is 4.39 Å². The van der Waals surface area contributed by atoms with Gasteiger partial charge < -0.3 is 5.73 Å². The number of benzene rings is 1. The van der Waals surface area contributed by atoms with Crippen LogP contribution in [-0.2, 0) is 0 Å². The predicted molar refractivity (Wildman–Crippen MR) is 56.6 cm³/mol. The summed E-state index contributed by atoms with van der Waals surface area (Å²) in [6.45, 7) is 0. The molecule has 2 nitrogen and oxygen atoms in total. The summed E-state index contributed by atoms with van der Waals surface area (Å²) in [5.41, 5.74) is 5.70. The Morgan fingerprint density at radius 3 is 2.62 bits per heavy atom. The molecule has 0 aliphatic heterocycles. The summed E-state index contributed by atoms with van der Waals surface area (Å²) in [6.07, 6.45) is 0. The van der Waals surface area contributed by atoms with Crippen molar-refractivity contribution in [3.63, 3.8) is 0 Å². The molecule has 0 aliphatic rings. The molecule has 2 N–H and O–H groups in total. The highest BCUT2D eigenvalue weighted by molar-refractivity contribution is 9.10. The molecule has 1 aromatic carbocycles. The average molecular weight is 311 g/mol. The van der Waals surface area contributed by atoms with Gasteiger partial charge in [-0.3, -0.25) is 4.79 Å². The first-order valence-electron chi connectivity index (χ1n) is 3.40. The molecule has 70 valence electrons. The van der Waals surface area contributed by atoms with Crippen molar-refractivity contribution in [1.29, 1.82) is 0 Å². The molecular formula is C8H6Br2FNO. The van der Waals surface area contributed by atoms with Gasteiger partial charge in [0.2, 0.25) is 0 Å². The topological polar surface area (TPSA) is 43.1 Å². The Balaban J connectivity index is 3.20. The number of hydrogen-bond acceptors (Lipinski definition) is 2. The number of hydrogen-bond donors (Lipinski definition) is 1. The van der Waals surface area contributed by atoms with Crippen molar-refractivity contribution in [3.05, 3.63) is 28.0 Å². The molecule has 0 aliphatic carbocycles. The Hall–Kier alpha value is -0.420. The Labute approximate surface area is 91.6 Å². The zero-order valence-electron chi connectivity index (χ0n) is 6.48. The van der Waals surface area contributed by atoms with E-state index in [0.29, 0.717) is 5.56 Å². The van der Waals surface area contributed by atoms with Crippen molar-refractivity contribution in [1.82, 2.24) is 0 Å². The van der Waals surface area contributed by atoms with E-state index < -0.39 is 5.82 Å². The van der Waals surface area contributed by atoms with Crippen LogP contribution >= 0.6 is 31.9 Å². The number of rotatable bonds is 2. The van der Waals surface area contributed by atoms with Gasteiger partial charge in [-0.2, -0.15) is 0 Å². The lowest BCUT2D eigenvalue weighted by molar-refractivity contribution is 0.102. The van der Waals surface area contributed by atoms with E-state index in [9.17, 15) is 9.18 Å². The maximum atomic E-state index is 13.0. The first kappa shape index (κ1) is 10.7. The molecule has 0 fully saturated rings. The second-order valence-electron chi connectivity index (χ2n) is 2.42. The molecule has 5 heteroatoms. The third-order valence-electron chi connectivity index (χ3n) is 1.50. The van der Waals surface area contributed by atoms with E-state index in [4.69, 9.17) is 5.73 Å². The molecule has 0 unspecified atom stereocenters. The van der Waals surface area contributed by atoms with E-state index in [2.05, 4.69) is 31.9 Å². The summed E-state index contributed by atoms with van der Waals surface area (Å²) in [7, 11) is 0. The summed E-state index contributed by atoms with van der Waals surface area (Å²) in [5.74, 6) is -0.668. The van der Waals surface area contributed by atoms with Crippen LogP contribution in [0.25, 0.3) is 0 Å². The Bertz CT molecular complexity index is 331. The molecular weight excluding hydrogens is 305 g/mol. The van der Waals surface area contributed by atoms with Crippen molar-refractivity contribution in [3.8, 4) is 0 Å². The van der Waals surface area contributed by atoms with Gasteiger partial charge in [0.25, 0.3) is 0 Å². The molecule has 0 aromatic heterocycles. The number of nitrogens with two attached hydrogens (primary N) is 1. The van der Waals surface area contributed by atoms with E-state index in [1.165, 1.54) is 12.1 Å². The number of carbonyl (C=O) groups excluding carboxylic acids is 1. The second-order valence-corrected chi connectivity index (χ2v) is 3.83. The highest BCUT2D eigenvalue weighted by Gasteiger charge is 2.10. The number of Topliss-reactive ketones (excluding diaryl/α,β-unsaturated/α-hetero) is 1. The molecule has 0 saturated carbocycles. The van der Waals surface area contributed by atoms with E-state index in [0.717, 1.165) is 0 Å². The number of ketones is 1. The van der Waals surface area contributed by atoms with Gasteiger partial charge in [0.15, 0.2) is 11.6 Å². The molecule has 0 atom stereocenters. The molecule has 0 radical (unpaired) electrons. The van der Waals surface area contributed by atoms with Crippen molar-refractivity contribution in [2.45, 2.75) is 0 Å². The first-order chi connectivity index (χ1) is 6.06. The summed E-state index contributed by atoms with van der Waals surface area (Å²) in [4.78, 5) is 11.2. The number of nitrogen functional groups attached to an aromatic ring is 1. The van der Waals surface area contributed by atoms with Crippen LogP contribution in [-0.4, -0.2) is 11.1 Å². The van der Waals surface area contributed by atoms with Crippen LogP contribution in [0, 0.1) is 5.82 Å². The minimum Gasteiger partial charge on any atom is -0.396 e. The van der Waals surface area contributed by atoms with Gasteiger partial charge in [-0.1, -0.05) is 15.9 Å². The highest BCUT2D eigenvalue weighted by atomic mass is 79.9. The van der Waals surface area contributed by atoms with E-state index in [1.807, 2.05) is 0 Å². The Morgan fingerprint density at radius 1 is 1.54 bits per heavy atom. The fourth-order valence-corrected chi connectivity index (χ4v) is 1.65. The third kappa shape index (κ3) is 2.28. The van der Waals surface area contributed by atoms with Gasteiger partial charge in [-0.05, 0) is 28.1 Å². The van der Waals surface area contributed by atoms with Gasteiger partial charge in [0.1, 0.15) is 0 Å². The molecule has 0 bridgehead atoms. The number of carbonyl (C=O) groups is 1. The van der Waals surface area contributed by atoms with Crippen molar-refractivity contribution >= 4 is 43.3 Å². The largest absolute Gasteiger partial charge is 0.396 e. The zero-order valence-corrected chi connectivity index (χ0v) is 9.65. The molecule has 0 saturated heterocycles. The third-order valence-corrected chi connectivity index (χ3v) is 2.59. The van der Waals surface area contributed by atoms with Crippen molar-refractivity contribution < 1.29 is 9.18 Å². The van der Waals surface area contributed by atoms with E-state index >= 15 is 0 Å². The SMILES string of the molecule is Nc1cc(C(=O)CBr)cc(Br)c1F. The molecule has 13 heavy (non-hydrogen) atoms. The minimum absolute atomic E-state index is 0.0290. The van der Waals surface area contributed by atoms with Crippen LogP contribution in [0.2, 0.25) is 0 Å². The van der Waals surface area contributed by atoms with Crippen molar-refractivity contribution in [2.24, 2.45) is 0 Å². The van der Waals surface area contributed by atoms with E-state index in [1.54, 1.807) is 0 Å². The second kappa shape index (κ2) is 4.19. The summed E-state index contributed by atoms with van der Waals surface area (Å²) in [5, 5.41) is 0.199. The molecule has 0 spiro atoms. The standard InChI is InChI=1S/C8H6Br2FNO/c9-3-7(13)4-1-5(10)8(11)6(12)2-4/h1-2H,3,12H2. The lowest BCUT2D eigenvalue weighted by atomic mass is 10.1. The monoisotopic (exact) mass is 309 g/mol. The summed E-state index contributed by atoms with van der Waals surface area (Å²) < 4.78 is 13.2. The molecule has 0 amide bonds. The van der Waals surface area contributed by atoms with Crippen LogP contribution < -0.4 is 5.73 Å². The molecule has 0 heterocycles. The lowest BCUT2D eigenvalue weighted by Crippen LogP contribution is -2.02. The highest BCUT2D eigenvalue weighted by Crippen LogP contribution is 2.23. The summed E-state index contributed by atoms with van der Waals surface area (Å²) in [6, 6.07) is 2.74. The Morgan fingerprint density at radius 2 is 2.15 bits per heavy atom.